The zero-order valence-electron chi connectivity index (χ0n) is 15.9. The normalized spacial score (nSPS) is 10.9. The number of halogens is 2. The standard InChI is InChI=1S/C20H18F2N2O5/c1-26-15-7-5-14(10-18(15)28-3)24-19(25)13(11-23)8-12-4-6-16(29-20(21)22)17(9-12)27-2/h4-10,20H,1-3H3,(H,24,25)/b13-8+. The lowest BCUT2D eigenvalue weighted by Crippen LogP contribution is -2.13. The molecule has 2 rings (SSSR count). The zero-order chi connectivity index (χ0) is 21.4. The molecule has 0 radical (unpaired) electrons. The first-order valence-electron chi connectivity index (χ1n) is 8.19. The summed E-state index contributed by atoms with van der Waals surface area (Å²) in [7, 11) is 4.23. The molecular weight excluding hydrogens is 386 g/mol. The maximum Gasteiger partial charge on any atom is 0.387 e. The van der Waals surface area contributed by atoms with Gasteiger partial charge in [-0.05, 0) is 35.9 Å². The van der Waals surface area contributed by atoms with Crippen LogP contribution in [0.5, 0.6) is 23.0 Å². The second-order valence-corrected chi connectivity index (χ2v) is 5.48. The minimum absolute atomic E-state index is 0.0386. The van der Waals surface area contributed by atoms with Gasteiger partial charge in [0.05, 0.1) is 21.3 Å². The topological polar surface area (TPSA) is 89.8 Å². The van der Waals surface area contributed by atoms with Crippen LogP contribution in [0.1, 0.15) is 5.56 Å². The molecule has 0 fully saturated rings. The Kier molecular flexibility index (Phi) is 7.37. The molecule has 0 saturated heterocycles. The Morgan fingerprint density at radius 2 is 1.62 bits per heavy atom. The van der Waals surface area contributed by atoms with Gasteiger partial charge in [-0.3, -0.25) is 4.79 Å². The molecule has 0 aliphatic carbocycles. The minimum Gasteiger partial charge on any atom is -0.493 e. The van der Waals surface area contributed by atoms with Gasteiger partial charge in [-0.25, -0.2) is 0 Å². The van der Waals surface area contributed by atoms with Crippen LogP contribution < -0.4 is 24.3 Å². The van der Waals surface area contributed by atoms with Gasteiger partial charge in [-0.2, -0.15) is 14.0 Å². The molecule has 0 atom stereocenters. The number of rotatable bonds is 8. The summed E-state index contributed by atoms with van der Waals surface area (Å²) in [5, 5.41) is 11.9. The van der Waals surface area contributed by atoms with Crippen LogP contribution in [0.4, 0.5) is 14.5 Å². The van der Waals surface area contributed by atoms with Crippen LogP contribution in [0.3, 0.4) is 0 Å². The molecule has 2 aromatic carbocycles. The highest BCUT2D eigenvalue weighted by Gasteiger charge is 2.14. The van der Waals surface area contributed by atoms with Crippen LogP contribution in [0, 0.1) is 11.3 Å². The third-order valence-electron chi connectivity index (χ3n) is 3.72. The average molecular weight is 404 g/mol. The third-order valence-corrected chi connectivity index (χ3v) is 3.72. The number of nitrogens with one attached hydrogen (secondary N) is 1. The molecule has 0 aromatic heterocycles. The number of nitrogens with zero attached hydrogens (tertiary/aromatic N) is 1. The number of hydrogen-bond acceptors (Lipinski definition) is 6. The van der Waals surface area contributed by atoms with Crippen molar-refractivity contribution in [2.45, 2.75) is 6.61 Å². The van der Waals surface area contributed by atoms with Gasteiger partial charge in [0.25, 0.3) is 5.91 Å². The van der Waals surface area contributed by atoms with E-state index >= 15 is 0 Å². The van der Waals surface area contributed by atoms with Crippen molar-refractivity contribution in [1.82, 2.24) is 0 Å². The van der Waals surface area contributed by atoms with Crippen LogP contribution in [0.15, 0.2) is 42.0 Å². The summed E-state index contributed by atoms with van der Waals surface area (Å²) in [6, 6.07) is 10.6. The van der Waals surface area contributed by atoms with E-state index in [0.717, 1.165) is 0 Å². The van der Waals surface area contributed by atoms with Gasteiger partial charge in [-0.1, -0.05) is 6.07 Å². The number of anilines is 1. The molecule has 0 heterocycles. The molecule has 0 aliphatic heterocycles. The highest BCUT2D eigenvalue weighted by atomic mass is 19.3. The minimum atomic E-state index is -3.01. The lowest BCUT2D eigenvalue weighted by molar-refractivity contribution is -0.112. The molecule has 7 nitrogen and oxygen atoms in total. The van der Waals surface area contributed by atoms with Crippen LogP contribution >= 0.6 is 0 Å². The zero-order valence-corrected chi connectivity index (χ0v) is 15.9. The fraction of sp³-hybridized carbons (Fsp3) is 0.200. The van der Waals surface area contributed by atoms with Gasteiger partial charge in [0.2, 0.25) is 0 Å². The van der Waals surface area contributed by atoms with E-state index < -0.39 is 12.5 Å². The van der Waals surface area contributed by atoms with Crippen molar-refractivity contribution in [3.05, 3.63) is 47.5 Å². The predicted octanol–water partition coefficient (Wildman–Crippen LogP) is 3.86. The lowest BCUT2D eigenvalue weighted by atomic mass is 10.1. The number of hydrogen-bond donors (Lipinski definition) is 1. The summed E-state index contributed by atoms with van der Waals surface area (Å²) in [6.45, 7) is -3.01. The number of ether oxygens (including phenoxy) is 4. The summed E-state index contributed by atoms with van der Waals surface area (Å²) in [6.07, 6.45) is 1.30. The van der Waals surface area contributed by atoms with E-state index in [4.69, 9.17) is 14.2 Å². The number of alkyl halides is 2. The van der Waals surface area contributed by atoms with Crippen molar-refractivity contribution in [3.8, 4) is 29.1 Å². The Bertz CT molecular complexity index is 954. The van der Waals surface area contributed by atoms with Gasteiger partial charge in [-0.15, -0.1) is 0 Å². The maximum absolute atomic E-state index is 12.4. The first-order valence-corrected chi connectivity index (χ1v) is 8.19. The van der Waals surface area contributed by atoms with E-state index in [1.165, 1.54) is 45.6 Å². The van der Waals surface area contributed by atoms with Crippen molar-refractivity contribution < 1.29 is 32.5 Å². The first kappa shape index (κ1) is 21.5. The number of nitriles is 1. The van der Waals surface area contributed by atoms with Gasteiger partial charge in [0.15, 0.2) is 23.0 Å². The summed E-state index contributed by atoms with van der Waals surface area (Å²) in [5.41, 5.74) is 0.582. The summed E-state index contributed by atoms with van der Waals surface area (Å²) in [4.78, 5) is 12.4. The number of carbonyl (C=O) groups excluding carboxylic acids is 1. The van der Waals surface area contributed by atoms with Crippen molar-refractivity contribution in [2.75, 3.05) is 26.6 Å². The van der Waals surface area contributed by atoms with E-state index in [1.807, 2.05) is 6.07 Å². The van der Waals surface area contributed by atoms with Gasteiger partial charge in [0.1, 0.15) is 11.6 Å². The third kappa shape index (κ3) is 5.59. The fourth-order valence-electron chi connectivity index (χ4n) is 2.39. The van der Waals surface area contributed by atoms with Crippen molar-refractivity contribution in [2.24, 2.45) is 0 Å². The Morgan fingerprint density at radius 3 is 2.21 bits per heavy atom. The number of benzene rings is 2. The first-order chi connectivity index (χ1) is 13.9. The average Bonchev–Trinajstić information content (AvgIpc) is 2.72. The molecule has 9 heteroatoms. The monoisotopic (exact) mass is 404 g/mol. The van der Waals surface area contributed by atoms with E-state index in [2.05, 4.69) is 10.1 Å². The van der Waals surface area contributed by atoms with Crippen LogP contribution in [-0.4, -0.2) is 33.8 Å². The van der Waals surface area contributed by atoms with Crippen LogP contribution in [-0.2, 0) is 4.79 Å². The molecule has 1 N–H and O–H groups in total. The lowest BCUT2D eigenvalue weighted by Gasteiger charge is -2.11. The van der Waals surface area contributed by atoms with E-state index in [9.17, 15) is 18.8 Å². The van der Waals surface area contributed by atoms with Crippen LogP contribution in [0.2, 0.25) is 0 Å². The number of methoxy groups -OCH3 is 3. The summed E-state index contributed by atoms with van der Waals surface area (Å²) < 4.78 is 44.5. The molecule has 0 saturated carbocycles. The van der Waals surface area contributed by atoms with E-state index in [1.54, 1.807) is 18.2 Å². The number of carbonyl (C=O) groups is 1. The molecule has 2 aromatic rings. The summed E-state index contributed by atoms with van der Waals surface area (Å²) >= 11 is 0. The van der Waals surface area contributed by atoms with E-state index in [-0.39, 0.29) is 17.1 Å². The molecular formula is C20H18F2N2O5. The molecule has 0 bridgehead atoms. The molecule has 0 aliphatic rings. The van der Waals surface area contributed by atoms with Crippen molar-refractivity contribution >= 4 is 17.7 Å². The second-order valence-electron chi connectivity index (χ2n) is 5.48. The molecule has 29 heavy (non-hydrogen) atoms. The fourth-order valence-corrected chi connectivity index (χ4v) is 2.39. The smallest absolute Gasteiger partial charge is 0.387 e. The molecule has 0 spiro atoms. The SMILES string of the molecule is COc1ccc(NC(=O)/C(C#N)=C/c2ccc(OC(F)F)c(OC)c2)cc1OC. The number of amides is 1. The highest BCUT2D eigenvalue weighted by Crippen LogP contribution is 2.31. The van der Waals surface area contributed by atoms with E-state index in [0.29, 0.717) is 22.7 Å². The van der Waals surface area contributed by atoms with Crippen molar-refractivity contribution in [3.63, 3.8) is 0 Å². The predicted molar refractivity (Wildman–Crippen MR) is 101 cm³/mol. The van der Waals surface area contributed by atoms with Gasteiger partial charge < -0.3 is 24.3 Å². The Morgan fingerprint density at radius 1 is 1.00 bits per heavy atom. The largest absolute Gasteiger partial charge is 0.493 e. The molecule has 152 valence electrons. The molecule has 0 unspecified atom stereocenters. The quantitative estimate of drug-likeness (QED) is 0.531. The Hall–Kier alpha value is -3.80. The van der Waals surface area contributed by atoms with Crippen LogP contribution in [0.25, 0.3) is 6.08 Å². The Labute approximate surface area is 166 Å². The molecule has 1 amide bonds. The maximum atomic E-state index is 12.4. The second kappa shape index (κ2) is 9.94. The summed E-state index contributed by atoms with van der Waals surface area (Å²) in [5.74, 6) is 0.114. The van der Waals surface area contributed by atoms with Crippen molar-refractivity contribution in [1.29, 1.82) is 5.26 Å². The Balaban J connectivity index is 2.25. The van der Waals surface area contributed by atoms with Gasteiger partial charge in [0, 0.05) is 11.8 Å². The highest BCUT2D eigenvalue weighted by molar-refractivity contribution is 6.09. The van der Waals surface area contributed by atoms with Gasteiger partial charge >= 0.3 is 6.61 Å².